The van der Waals surface area contributed by atoms with Crippen LogP contribution in [0.3, 0.4) is 0 Å². The van der Waals surface area contributed by atoms with Gasteiger partial charge in [-0.2, -0.15) is 0 Å². The smallest absolute Gasteiger partial charge is 0.0363 e. The van der Waals surface area contributed by atoms with Crippen LogP contribution in [0.4, 0.5) is 0 Å². The van der Waals surface area contributed by atoms with Gasteiger partial charge in [-0.05, 0) is 32.4 Å². The number of benzene rings is 1. The van der Waals surface area contributed by atoms with E-state index in [2.05, 4.69) is 49.2 Å². The number of nitrogens with one attached hydrogen (secondary N) is 1. The van der Waals surface area contributed by atoms with Crippen LogP contribution in [0.15, 0.2) is 18.2 Å². The van der Waals surface area contributed by atoms with Gasteiger partial charge in [-0.3, -0.25) is 4.21 Å². The van der Waals surface area contributed by atoms with Gasteiger partial charge in [0, 0.05) is 48.0 Å². The maximum absolute atomic E-state index is 11.4. The largest absolute Gasteiger partial charge is 0.310 e. The molecule has 3 nitrogen and oxygen atoms in total. The lowest BCUT2D eigenvalue weighted by Gasteiger charge is -2.28. The highest BCUT2D eigenvalue weighted by Gasteiger charge is 2.17. The van der Waals surface area contributed by atoms with Gasteiger partial charge >= 0.3 is 0 Å². The van der Waals surface area contributed by atoms with E-state index in [9.17, 15) is 4.21 Å². The van der Waals surface area contributed by atoms with Gasteiger partial charge in [-0.25, -0.2) is 0 Å². The molecule has 0 radical (unpaired) electrons. The second kappa shape index (κ2) is 8.06. The predicted octanol–water partition coefficient (Wildman–Crippen LogP) is 2.41. The van der Waals surface area contributed by atoms with Crippen molar-refractivity contribution in [2.45, 2.75) is 33.2 Å². The van der Waals surface area contributed by atoms with Gasteiger partial charge in [0.05, 0.1) is 0 Å². The first kappa shape index (κ1) is 16.7. The molecular formula is C17H28N2OS. The van der Waals surface area contributed by atoms with Gasteiger partial charge in [-0.1, -0.05) is 36.2 Å². The second-order valence-electron chi connectivity index (χ2n) is 6.01. The van der Waals surface area contributed by atoms with Crippen molar-refractivity contribution in [3.8, 4) is 0 Å². The Balaban J connectivity index is 1.96. The molecule has 1 aliphatic rings. The summed E-state index contributed by atoms with van der Waals surface area (Å²) in [6.45, 7) is 10.5. The first-order valence-corrected chi connectivity index (χ1v) is 9.46. The third kappa shape index (κ3) is 5.20. The van der Waals surface area contributed by atoms with Crippen LogP contribution in [-0.2, 0) is 10.8 Å². The minimum Gasteiger partial charge on any atom is -0.310 e. The van der Waals surface area contributed by atoms with E-state index in [1.807, 2.05) is 0 Å². The summed E-state index contributed by atoms with van der Waals surface area (Å²) in [5.41, 5.74) is 4.07. The molecule has 1 aromatic rings. The van der Waals surface area contributed by atoms with Crippen molar-refractivity contribution in [1.29, 1.82) is 0 Å². The van der Waals surface area contributed by atoms with Crippen LogP contribution in [0.5, 0.6) is 0 Å². The van der Waals surface area contributed by atoms with E-state index >= 15 is 0 Å². The molecule has 1 unspecified atom stereocenters. The van der Waals surface area contributed by atoms with Crippen molar-refractivity contribution in [3.63, 3.8) is 0 Å². The Bertz CT molecular complexity index is 459. The van der Waals surface area contributed by atoms with Crippen LogP contribution in [-0.4, -0.2) is 46.8 Å². The van der Waals surface area contributed by atoms with Crippen molar-refractivity contribution in [3.05, 3.63) is 34.9 Å². The number of hydrogen-bond donors (Lipinski definition) is 1. The zero-order valence-corrected chi connectivity index (χ0v) is 14.3. The molecule has 0 bridgehead atoms. The Kier molecular flexibility index (Phi) is 6.40. The van der Waals surface area contributed by atoms with Gasteiger partial charge in [0.1, 0.15) is 0 Å². The van der Waals surface area contributed by atoms with E-state index in [-0.39, 0.29) is 0 Å². The first-order valence-electron chi connectivity index (χ1n) is 7.97. The Morgan fingerprint density at radius 3 is 2.38 bits per heavy atom. The second-order valence-corrected chi connectivity index (χ2v) is 7.71. The summed E-state index contributed by atoms with van der Waals surface area (Å²) in [5, 5.41) is 3.62. The number of rotatable bonds is 6. The van der Waals surface area contributed by atoms with Crippen molar-refractivity contribution in [2.24, 2.45) is 0 Å². The average Bonchev–Trinajstić information content (AvgIpc) is 2.44. The molecule has 118 valence electrons. The Labute approximate surface area is 131 Å². The highest BCUT2D eigenvalue weighted by Crippen LogP contribution is 2.20. The fourth-order valence-corrected chi connectivity index (χ4v) is 4.18. The van der Waals surface area contributed by atoms with Gasteiger partial charge in [0.25, 0.3) is 0 Å². The summed E-state index contributed by atoms with van der Waals surface area (Å²) in [7, 11) is -0.578. The molecular weight excluding hydrogens is 280 g/mol. The fourth-order valence-electron chi connectivity index (χ4n) is 3.06. The normalized spacial score (nSPS) is 18.8. The van der Waals surface area contributed by atoms with Gasteiger partial charge in [0.2, 0.25) is 0 Å². The maximum Gasteiger partial charge on any atom is 0.0363 e. The van der Waals surface area contributed by atoms with Gasteiger partial charge in [-0.15, -0.1) is 0 Å². The van der Waals surface area contributed by atoms with Crippen LogP contribution < -0.4 is 5.32 Å². The third-order valence-electron chi connectivity index (χ3n) is 4.10. The average molecular weight is 308 g/mol. The van der Waals surface area contributed by atoms with E-state index in [1.165, 1.54) is 16.7 Å². The molecule has 0 amide bonds. The van der Waals surface area contributed by atoms with Crippen molar-refractivity contribution >= 4 is 10.8 Å². The lowest BCUT2D eigenvalue weighted by molar-refractivity contribution is 0.279. The third-order valence-corrected chi connectivity index (χ3v) is 5.38. The molecule has 1 heterocycles. The predicted molar refractivity (Wildman–Crippen MR) is 91.3 cm³/mol. The minimum atomic E-state index is -0.578. The van der Waals surface area contributed by atoms with Crippen LogP contribution >= 0.6 is 0 Å². The molecule has 21 heavy (non-hydrogen) atoms. The Morgan fingerprint density at radius 2 is 1.81 bits per heavy atom. The van der Waals surface area contributed by atoms with E-state index in [0.717, 1.165) is 44.1 Å². The Hall–Kier alpha value is -0.710. The molecule has 0 spiro atoms. The molecule has 0 saturated carbocycles. The topological polar surface area (TPSA) is 32.3 Å². The minimum absolute atomic E-state index is 0.418. The van der Waals surface area contributed by atoms with Crippen molar-refractivity contribution < 1.29 is 4.21 Å². The zero-order chi connectivity index (χ0) is 15.2. The Morgan fingerprint density at radius 1 is 1.19 bits per heavy atom. The molecule has 4 heteroatoms. The number of nitrogens with zero attached hydrogens (tertiary/aromatic N) is 1. The highest BCUT2D eigenvalue weighted by atomic mass is 32.2. The molecule has 1 atom stereocenters. The lowest BCUT2D eigenvalue weighted by atomic mass is 9.99. The summed E-state index contributed by atoms with van der Waals surface area (Å²) in [6, 6.07) is 7.24. The standard InChI is InChI=1S/C17H28N2OS/c1-4-18-17(16-12-14(2)11-15(3)13-16)5-6-19-7-9-21(20)10-8-19/h11-13,17-18H,4-10H2,1-3H3. The summed E-state index contributed by atoms with van der Waals surface area (Å²) in [4.78, 5) is 2.45. The first-order chi connectivity index (χ1) is 10.1. The molecule has 1 fully saturated rings. The molecule has 1 saturated heterocycles. The van der Waals surface area contributed by atoms with Crippen LogP contribution in [0, 0.1) is 13.8 Å². The van der Waals surface area contributed by atoms with E-state index in [4.69, 9.17) is 0 Å². The summed E-state index contributed by atoms with van der Waals surface area (Å²) >= 11 is 0. The quantitative estimate of drug-likeness (QED) is 0.876. The molecule has 1 N–H and O–H groups in total. The van der Waals surface area contributed by atoms with E-state index in [1.54, 1.807) is 0 Å². The highest BCUT2D eigenvalue weighted by molar-refractivity contribution is 7.85. The van der Waals surface area contributed by atoms with Crippen LogP contribution in [0.1, 0.15) is 36.1 Å². The molecule has 1 aromatic carbocycles. The van der Waals surface area contributed by atoms with E-state index < -0.39 is 10.8 Å². The lowest BCUT2D eigenvalue weighted by Crippen LogP contribution is -2.39. The molecule has 0 aliphatic carbocycles. The fraction of sp³-hybridized carbons (Fsp3) is 0.647. The SMILES string of the molecule is CCNC(CCN1CCS(=O)CC1)c1cc(C)cc(C)c1. The molecule has 2 rings (SSSR count). The zero-order valence-electron chi connectivity index (χ0n) is 13.5. The van der Waals surface area contributed by atoms with E-state index in [0.29, 0.717) is 6.04 Å². The van der Waals surface area contributed by atoms with Gasteiger partial charge in [0.15, 0.2) is 0 Å². The summed E-state index contributed by atoms with van der Waals surface area (Å²) in [6.07, 6.45) is 1.11. The maximum atomic E-state index is 11.4. The van der Waals surface area contributed by atoms with Crippen LogP contribution in [0.2, 0.25) is 0 Å². The molecule has 0 aromatic heterocycles. The van der Waals surface area contributed by atoms with Crippen LogP contribution in [0.25, 0.3) is 0 Å². The molecule has 1 aliphatic heterocycles. The van der Waals surface area contributed by atoms with Crippen molar-refractivity contribution in [1.82, 2.24) is 10.2 Å². The van der Waals surface area contributed by atoms with Crippen molar-refractivity contribution in [2.75, 3.05) is 37.7 Å². The number of hydrogen-bond acceptors (Lipinski definition) is 3. The monoisotopic (exact) mass is 308 g/mol. The summed E-state index contributed by atoms with van der Waals surface area (Å²) < 4.78 is 11.4. The summed E-state index contributed by atoms with van der Waals surface area (Å²) in [5.74, 6) is 1.69. The number of aryl methyl sites for hydroxylation is 2. The van der Waals surface area contributed by atoms with Gasteiger partial charge < -0.3 is 10.2 Å².